The lowest BCUT2D eigenvalue weighted by Crippen LogP contribution is -2.26. The van der Waals surface area contributed by atoms with E-state index in [9.17, 15) is 0 Å². The Morgan fingerprint density at radius 1 is 1.25 bits per heavy atom. The molecule has 0 spiro atoms. The normalized spacial score (nSPS) is 10.8. The Morgan fingerprint density at radius 3 is 2.55 bits per heavy atom. The second-order valence-corrected chi connectivity index (χ2v) is 5.17. The molecule has 4 heteroatoms. The predicted octanol–water partition coefficient (Wildman–Crippen LogP) is 2.34. The van der Waals surface area contributed by atoms with Crippen molar-refractivity contribution in [3.63, 3.8) is 0 Å². The van der Waals surface area contributed by atoms with Crippen LogP contribution in [0.15, 0.2) is 18.2 Å². The summed E-state index contributed by atoms with van der Waals surface area (Å²) in [5.74, 6) is 0.661. The van der Waals surface area contributed by atoms with Gasteiger partial charge in [-0.2, -0.15) is 5.26 Å². The van der Waals surface area contributed by atoms with Gasteiger partial charge in [0.05, 0.1) is 12.7 Å². The van der Waals surface area contributed by atoms with E-state index in [1.165, 1.54) is 5.56 Å². The average Bonchev–Trinajstić information content (AvgIpc) is 2.45. The molecule has 0 bridgehead atoms. The van der Waals surface area contributed by atoms with E-state index in [0.717, 1.165) is 32.6 Å². The molecule has 0 atom stereocenters. The van der Waals surface area contributed by atoms with Crippen LogP contribution in [0.5, 0.6) is 5.75 Å². The zero-order valence-electron chi connectivity index (χ0n) is 13.0. The molecule has 0 aliphatic heterocycles. The van der Waals surface area contributed by atoms with Gasteiger partial charge in [0.15, 0.2) is 0 Å². The van der Waals surface area contributed by atoms with Crippen molar-refractivity contribution in [3.05, 3.63) is 29.3 Å². The van der Waals surface area contributed by atoms with E-state index < -0.39 is 0 Å². The maximum Gasteiger partial charge on any atom is 0.136 e. The lowest BCUT2D eigenvalue weighted by Gasteiger charge is -2.21. The summed E-state index contributed by atoms with van der Waals surface area (Å²) >= 11 is 0. The third kappa shape index (κ3) is 5.20. The lowest BCUT2D eigenvalue weighted by molar-refractivity contribution is 0.259. The summed E-state index contributed by atoms with van der Waals surface area (Å²) in [6.07, 6.45) is 1.16. The highest BCUT2D eigenvalue weighted by Gasteiger charge is 2.07. The summed E-state index contributed by atoms with van der Waals surface area (Å²) < 4.78 is 5.26. The number of rotatable bonds is 8. The topological polar surface area (TPSA) is 39.5 Å². The van der Waals surface area contributed by atoms with E-state index >= 15 is 0 Å². The highest BCUT2D eigenvalue weighted by atomic mass is 16.5. The van der Waals surface area contributed by atoms with Crippen molar-refractivity contribution in [1.82, 2.24) is 9.80 Å². The first-order valence-electron chi connectivity index (χ1n) is 7.04. The van der Waals surface area contributed by atoms with Crippen LogP contribution in [0.1, 0.15) is 24.5 Å². The zero-order valence-corrected chi connectivity index (χ0v) is 13.0. The van der Waals surface area contributed by atoms with Crippen LogP contribution in [-0.4, -0.2) is 50.6 Å². The van der Waals surface area contributed by atoms with E-state index in [-0.39, 0.29) is 0 Å². The Balaban J connectivity index is 2.63. The molecule has 0 aromatic heterocycles. The Morgan fingerprint density at radius 2 is 2.00 bits per heavy atom. The second-order valence-electron chi connectivity index (χ2n) is 5.17. The van der Waals surface area contributed by atoms with Gasteiger partial charge in [0, 0.05) is 6.54 Å². The van der Waals surface area contributed by atoms with Crippen molar-refractivity contribution < 1.29 is 4.74 Å². The Bertz CT molecular complexity index is 452. The third-order valence-electron chi connectivity index (χ3n) is 3.32. The molecule has 0 amide bonds. The molecule has 0 unspecified atom stereocenters. The molecule has 0 radical (unpaired) electrons. The highest BCUT2D eigenvalue weighted by Crippen LogP contribution is 2.20. The molecule has 0 aliphatic carbocycles. The first-order valence-corrected chi connectivity index (χ1v) is 7.04. The molecule has 110 valence electrons. The molecule has 4 nitrogen and oxygen atoms in total. The zero-order chi connectivity index (χ0) is 15.0. The Labute approximate surface area is 122 Å². The Hall–Kier alpha value is -1.57. The summed E-state index contributed by atoms with van der Waals surface area (Å²) in [4.78, 5) is 4.61. The quantitative estimate of drug-likeness (QED) is 0.730. The molecule has 0 fully saturated rings. The van der Waals surface area contributed by atoms with Crippen molar-refractivity contribution in [2.24, 2.45) is 0 Å². The van der Waals surface area contributed by atoms with Crippen molar-refractivity contribution in [2.45, 2.75) is 19.9 Å². The molecular weight excluding hydrogens is 250 g/mol. The van der Waals surface area contributed by atoms with Gasteiger partial charge in [0.25, 0.3) is 0 Å². The maximum absolute atomic E-state index is 8.99. The van der Waals surface area contributed by atoms with E-state index in [1.807, 2.05) is 18.2 Å². The van der Waals surface area contributed by atoms with E-state index in [4.69, 9.17) is 10.00 Å². The molecule has 1 rings (SSSR count). The number of ether oxygens (including phenoxy) is 1. The van der Waals surface area contributed by atoms with Crippen LogP contribution in [0.3, 0.4) is 0 Å². The molecule has 0 saturated carbocycles. The smallest absolute Gasteiger partial charge is 0.136 e. The van der Waals surface area contributed by atoms with Crippen molar-refractivity contribution in [1.29, 1.82) is 5.26 Å². The second kappa shape index (κ2) is 8.57. The molecule has 0 aliphatic rings. The first-order chi connectivity index (χ1) is 9.60. The van der Waals surface area contributed by atoms with Gasteiger partial charge in [-0.25, -0.2) is 0 Å². The molecule has 0 heterocycles. The fraction of sp³-hybridized carbons (Fsp3) is 0.562. The van der Waals surface area contributed by atoms with E-state index in [0.29, 0.717) is 11.3 Å². The molecule has 1 aromatic rings. The Kier molecular flexibility index (Phi) is 7.06. The fourth-order valence-corrected chi connectivity index (χ4v) is 2.14. The number of nitrogens with zero attached hydrogens (tertiary/aromatic N) is 3. The van der Waals surface area contributed by atoms with Gasteiger partial charge in [0.1, 0.15) is 11.8 Å². The van der Waals surface area contributed by atoms with Gasteiger partial charge in [-0.1, -0.05) is 13.0 Å². The summed E-state index contributed by atoms with van der Waals surface area (Å²) in [6, 6.07) is 7.95. The molecular formula is C16H25N3O. The van der Waals surface area contributed by atoms with E-state index in [1.54, 1.807) is 7.11 Å². The van der Waals surface area contributed by atoms with Gasteiger partial charge < -0.3 is 9.64 Å². The monoisotopic (exact) mass is 275 g/mol. The summed E-state index contributed by atoms with van der Waals surface area (Å²) in [6.45, 7) is 6.28. The SMILES string of the molecule is CCN(CCCN(C)C)Cc1ccc(C#N)c(OC)c1. The largest absolute Gasteiger partial charge is 0.495 e. The van der Waals surface area contributed by atoms with Crippen molar-refractivity contribution in [2.75, 3.05) is 40.8 Å². The van der Waals surface area contributed by atoms with Gasteiger partial charge in [-0.05, 0) is 57.8 Å². The van der Waals surface area contributed by atoms with E-state index in [2.05, 4.69) is 36.9 Å². The summed E-state index contributed by atoms with van der Waals surface area (Å²) in [5, 5.41) is 8.99. The molecule has 0 N–H and O–H groups in total. The highest BCUT2D eigenvalue weighted by molar-refractivity contribution is 5.45. The minimum atomic E-state index is 0.590. The van der Waals surface area contributed by atoms with Crippen molar-refractivity contribution in [3.8, 4) is 11.8 Å². The average molecular weight is 275 g/mol. The summed E-state index contributed by atoms with van der Waals surface area (Å²) in [5.41, 5.74) is 1.78. The predicted molar refractivity (Wildman–Crippen MR) is 81.8 cm³/mol. The van der Waals surface area contributed by atoms with Crippen LogP contribution in [0.25, 0.3) is 0 Å². The van der Waals surface area contributed by atoms with Crippen LogP contribution in [-0.2, 0) is 6.54 Å². The number of nitriles is 1. The van der Waals surface area contributed by atoms with Crippen LogP contribution in [0.4, 0.5) is 0 Å². The lowest BCUT2D eigenvalue weighted by atomic mass is 10.1. The van der Waals surface area contributed by atoms with Crippen LogP contribution >= 0.6 is 0 Å². The number of benzene rings is 1. The third-order valence-corrected chi connectivity index (χ3v) is 3.32. The maximum atomic E-state index is 8.99. The first kappa shape index (κ1) is 16.5. The number of methoxy groups -OCH3 is 1. The van der Waals surface area contributed by atoms with Crippen molar-refractivity contribution >= 4 is 0 Å². The van der Waals surface area contributed by atoms with Gasteiger partial charge in [-0.15, -0.1) is 0 Å². The minimum absolute atomic E-state index is 0.590. The van der Waals surface area contributed by atoms with Crippen LogP contribution in [0, 0.1) is 11.3 Å². The molecule has 0 saturated heterocycles. The van der Waals surface area contributed by atoms with Crippen LogP contribution < -0.4 is 4.74 Å². The molecule has 1 aromatic carbocycles. The van der Waals surface area contributed by atoms with Gasteiger partial charge >= 0.3 is 0 Å². The summed E-state index contributed by atoms with van der Waals surface area (Å²) in [7, 11) is 5.80. The van der Waals surface area contributed by atoms with Crippen LogP contribution in [0.2, 0.25) is 0 Å². The van der Waals surface area contributed by atoms with Gasteiger partial charge in [-0.3, -0.25) is 4.90 Å². The molecule has 20 heavy (non-hydrogen) atoms. The minimum Gasteiger partial charge on any atom is -0.495 e. The number of hydrogen-bond acceptors (Lipinski definition) is 4. The fourth-order valence-electron chi connectivity index (χ4n) is 2.14. The van der Waals surface area contributed by atoms with Gasteiger partial charge in [0.2, 0.25) is 0 Å². The standard InChI is InChI=1S/C16H25N3O/c1-5-19(10-6-9-18(2)3)13-14-7-8-15(12-17)16(11-14)20-4/h7-8,11H,5-6,9-10,13H2,1-4H3. The number of hydrogen-bond donors (Lipinski definition) is 0.